The minimum Gasteiger partial charge on any atom is -0.422 e. The third-order valence-corrected chi connectivity index (χ3v) is 4.15. The van der Waals surface area contributed by atoms with E-state index in [2.05, 4.69) is 4.98 Å². The molecule has 4 nitrogen and oxygen atoms in total. The molecule has 2 N–H and O–H groups in total. The highest BCUT2D eigenvalue weighted by atomic mass is 32.1. The molecule has 0 atom stereocenters. The number of nitrogens with zero attached hydrogens (tertiary/aromatic N) is 1. The molecule has 0 aliphatic heterocycles. The van der Waals surface area contributed by atoms with Crippen LogP contribution in [-0.2, 0) is 4.65 Å². The molecule has 1 rings (SSSR count). The van der Waals surface area contributed by atoms with Crippen LogP contribution in [0.5, 0.6) is 0 Å². The van der Waals surface area contributed by atoms with E-state index in [1.54, 1.807) is 33.2 Å². The van der Waals surface area contributed by atoms with Crippen molar-refractivity contribution in [1.29, 1.82) is 0 Å². The van der Waals surface area contributed by atoms with E-state index in [4.69, 9.17) is 4.65 Å². The lowest BCUT2D eigenvalue weighted by atomic mass is 9.80. The third-order valence-electron chi connectivity index (χ3n) is 3.27. The number of aliphatic hydroxyl groups is 1. The van der Waals surface area contributed by atoms with Crippen LogP contribution in [0.25, 0.3) is 0 Å². The van der Waals surface area contributed by atoms with Crippen molar-refractivity contribution in [3.05, 3.63) is 11.2 Å². The van der Waals surface area contributed by atoms with Gasteiger partial charge in [-0.25, -0.2) is 4.98 Å². The van der Waals surface area contributed by atoms with Crippen molar-refractivity contribution in [1.82, 2.24) is 4.98 Å². The average molecular weight is 271 g/mol. The fourth-order valence-corrected chi connectivity index (χ4v) is 2.21. The van der Waals surface area contributed by atoms with Gasteiger partial charge in [-0.05, 0) is 33.6 Å². The molecule has 0 bridgehead atoms. The Morgan fingerprint density at radius 3 is 2.33 bits per heavy atom. The molecule has 1 aromatic rings. The van der Waals surface area contributed by atoms with E-state index < -0.39 is 18.3 Å². The molecule has 102 valence electrons. The van der Waals surface area contributed by atoms with Crippen molar-refractivity contribution < 1.29 is 14.8 Å². The number of hydrogen-bond donors (Lipinski definition) is 2. The first kappa shape index (κ1) is 15.6. The van der Waals surface area contributed by atoms with Gasteiger partial charge in [-0.2, -0.15) is 0 Å². The summed E-state index contributed by atoms with van der Waals surface area (Å²) < 4.78 is 6.32. The smallest absolute Gasteiger partial charge is 0.422 e. The van der Waals surface area contributed by atoms with Crippen molar-refractivity contribution >= 4 is 23.2 Å². The predicted octanol–water partition coefficient (Wildman–Crippen LogP) is 1.52. The topological polar surface area (TPSA) is 62.6 Å². The van der Waals surface area contributed by atoms with Crippen molar-refractivity contribution in [3.63, 3.8) is 0 Å². The molecule has 18 heavy (non-hydrogen) atoms. The Balaban J connectivity index is 2.89. The second-order valence-electron chi connectivity index (χ2n) is 5.80. The fourth-order valence-electron chi connectivity index (χ4n) is 1.36. The maximum atomic E-state index is 10.2. The van der Waals surface area contributed by atoms with Crippen molar-refractivity contribution in [2.24, 2.45) is 0 Å². The highest BCUT2D eigenvalue weighted by Crippen LogP contribution is 2.26. The molecular weight excluding hydrogens is 249 g/mol. The zero-order valence-corrected chi connectivity index (χ0v) is 12.7. The minimum absolute atomic E-state index is 0.231. The van der Waals surface area contributed by atoms with Crippen LogP contribution < -0.4 is 4.78 Å². The summed E-state index contributed by atoms with van der Waals surface area (Å²) in [4.78, 5) is 4.24. The van der Waals surface area contributed by atoms with Gasteiger partial charge in [0.15, 0.2) is 0 Å². The first-order chi connectivity index (χ1) is 8.06. The maximum absolute atomic E-state index is 10.2. The normalized spacial score (nSPS) is 13.2. The van der Waals surface area contributed by atoms with Gasteiger partial charge in [0.1, 0.15) is 0 Å². The van der Waals surface area contributed by atoms with Crippen LogP contribution in [0, 0.1) is 0 Å². The van der Waals surface area contributed by atoms with Crippen LogP contribution in [0.2, 0.25) is 0 Å². The van der Waals surface area contributed by atoms with E-state index in [1.165, 1.54) is 11.3 Å². The molecule has 0 spiro atoms. The van der Waals surface area contributed by atoms with Crippen molar-refractivity contribution in [2.45, 2.75) is 58.7 Å². The van der Waals surface area contributed by atoms with E-state index in [-0.39, 0.29) is 5.92 Å². The highest BCUT2D eigenvalue weighted by molar-refractivity contribution is 7.20. The molecule has 0 saturated carbocycles. The molecule has 0 aromatic carbocycles. The minimum atomic E-state index is -1.06. The van der Waals surface area contributed by atoms with E-state index in [1.807, 2.05) is 13.8 Å². The van der Waals surface area contributed by atoms with Crippen molar-refractivity contribution in [3.8, 4) is 0 Å². The number of thiazole rings is 1. The van der Waals surface area contributed by atoms with E-state index in [0.29, 0.717) is 4.78 Å². The van der Waals surface area contributed by atoms with Crippen LogP contribution in [0.3, 0.4) is 0 Å². The van der Waals surface area contributed by atoms with E-state index >= 15 is 0 Å². The quantitative estimate of drug-likeness (QED) is 0.797. The van der Waals surface area contributed by atoms with Crippen LogP contribution in [0.1, 0.15) is 53.2 Å². The fraction of sp³-hybridized carbons (Fsp3) is 0.750. The summed E-state index contributed by atoms with van der Waals surface area (Å²) in [7, 11) is -1.06. The van der Waals surface area contributed by atoms with Gasteiger partial charge in [0, 0.05) is 0 Å². The summed E-state index contributed by atoms with van der Waals surface area (Å²) in [6, 6.07) is 0. The van der Waals surface area contributed by atoms with Crippen molar-refractivity contribution in [2.75, 3.05) is 0 Å². The Hall–Kier alpha value is -0.425. The van der Waals surface area contributed by atoms with E-state index in [9.17, 15) is 10.1 Å². The molecular formula is C12H22BNO3S. The Labute approximate surface area is 113 Å². The Morgan fingerprint density at radius 1 is 1.33 bits per heavy atom. The van der Waals surface area contributed by atoms with Gasteiger partial charge in [-0.3, -0.25) is 0 Å². The van der Waals surface area contributed by atoms with Gasteiger partial charge < -0.3 is 14.8 Å². The molecule has 0 aliphatic carbocycles. The molecule has 6 heteroatoms. The molecule has 0 fully saturated rings. The molecule has 0 saturated heterocycles. The summed E-state index contributed by atoms with van der Waals surface area (Å²) >= 11 is 1.37. The predicted molar refractivity (Wildman–Crippen MR) is 75.3 cm³/mol. The summed E-state index contributed by atoms with van der Waals surface area (Å²) in [5, 5.41) is 20.2. The van der Waals surface area contributed by atoms with E-state index in [0.717, 1.165) is 5.69 Å². The first-order valence-electron chi connectivity index (χ1n) is 6.08. The number of hydrogen-bond acceptors (Lipinski definition) is 5. The van der Waals surface area contributed by atoms with Crippen LogP contribution in [-0.4, -0.2) is 33.4 Å². The second kappa shape index (κ2) is 5.29. The SMILES string of the molecule is CC(C)c1ncsc1B(O)OC(C)(C)C(C)(C)O. The molecule has 1 aromatic heterocycles. The second-order valence-corrected chi connectivity index (χ2v) is 6.68. The number of aromatic nitrogens is 1. The maximum Gasteiger partial charge on any atom is 0.504 e. The third kappa shape index (κ3) is 3.32. The summed E-state index contributed by atoms with van der Waals surface area (Å²) in [6.45, 7) is 10.9. The van der Waals surface area contributed by atoms with Gasteiger partial charge in [-0.15, -0.1) is 11.3 Å². The highest BCUT2D eigenvalue weighted by Gasteiger charge is 2.40. The summed E-state index contributed by atoms with van der Waals surface area (Å²) in [6.07, 6.45) is 0. The Kier molecular flexibility index (Phi) is 4.59. The van der Waals surface area contributed by atoms with Crippen LogP contribution in [0.15, 0.2) is 5.51 Å². The number of rotatable bonds is 5. The monoisotopic (exact) mass is 271 g/mol. The molecule has 1 heterocycles. The standard InChI is InChI=1S/C12H22BNO3S/c1-8(2)9-10(18-7-14-9)13(16)17-12(5,6)11(3,4)15/h7-8,15-16H,1-6H3. The lowest BCUT2D eigenvalue weighted by Gasteiger charge is -2.38. The lowest BCUT2D eigenvalue weighted by Crippen LogP contribution is -2.53. The zero-order chi connectivity index (χ0) is 14.1. The first-order valence-corrected chi connectivity index (χ1v) is 6.95. The van der Waals surface area contributed by atoms with Gasteiger partial charge in [-0.1, -0.05) is 13.8 Å². The average Bonchev–Trinajstić information content (AvgIpc) is 2.62. The largest absolute Gasteiger partial charge is 0.504 e. The Morgan fingerprint density at radius 2 is 1.89 bits per heavy atom. The molecule has 0 aliphatic rings. The Bertz CT molecular complexity index is 398. The zero-order valence-electron chi connectivity index (χ0n) is 11.9. The van der Waals surface area contributed by atoms with Gasteiger partial charge in [0.25, 0.3) is 0 Å². The molecule has 0 amide bonds. The summed E-state index contributed by atoms with van der Waals surface area (Å²) in [5.41, 5.74) is 0.648. The van der Waals surface area contributed by atoms with Crippen LogP contribution in [0.4, 0.5) is 0 Å². The molecule has 0 radical (unpaired) electrons. The lowest BCUT2D eigenvalue weighted by molar-refractivity contribution is -0.0982. The van der Waals surface area contributed by atoms with Gasteiger partial charge in [0.05, 0.1) is 27.2 Å². The van der Waals surface area contributed by atoms with Gasteiger partial charge in [0.2, 0.25) is 0 Å². The summed E-state index contributed by atoms with van der Waals surface area (Å²) in [5.74, 6) is 0.231. The molecule has 0 unspecified atom stereocenters. The van der Waals surface area contributed by atoms with Gasteiger partial charge >= 0.3 is 7.12 Å². The van der Waals surface area contributed by atoms with Crippen LogP contribution >= 0.6 is 11.3 Å².